The highest BCUT2D eigenvalue weighted by molar-refractivity contribution is 7.99. The molecule has 106 valence electrons. The van der Waals surface area contributed by atoms with Gasteiger partial charge in [0.15, 0.2) is 0 Å². The molecule has 1 unspecified atom stereocenters. The number of rotatable bonds is 4. The minimum Gasteiger partial charge on any atom is -0.318 e. The van der Waals surface area contributed by atoms with Crippen LogP contribution in [0.25, 0.3) is 0 Å². The minimum absolute atomic E-state index is 0.180. The summed E-state index contributed by atoms with van der Waals surface area (Å²) in [5, 5.41) is 3.35. The molecule has 1 atom stereocenters. The Bertz CT molecular complexity index is 549. The van der Waals surface area contributed by atoms with Crippen molar-refractivity contribution in [3.05, 3.63) is 35.9 Å². The SMILES string of the molecule is CSCC(=O)NN1C(=O)NC(C)(c2ccccc2)C1=O. The van der Waals surface area contributed by atoms with Gasteiger partial charge in [0, 0.05) is 0 Å². The van der Waals surface area contributed by atoms with Crippen LogP contribution in [0.3, 0.4) is 0 Å². The van der Waals surface area contributed by atoms with E-state index in [4.69, 9.17) is 0 Å². The number of carbonyl (C=O) groups is 3. The fourth-order valence-electron chi connectivity index (χ4n) is 2.00. The van der Waals surface area contributed by atoms with E-state index in [1.54, 1.807) is 37.4 Å². The van der Waals surface area contributed by atoms with Crippen molar-refractivity contribution in [2.24, 2.45) is 0 Å². The Morgan fingerprint density at radius 2 is 2.00 bits per heavy atom. The molecule has 1 saturated heterocycles. The van der Waals surface area contributed by atoms with Gasteiger partial charge in [0.25, 0.3) is 5.91 Å². The molecule has 1 aliphatic rings. The summed E-state index contributed by atoms with van der Waals surface area (Å²) < 4.78 is 0. The van der Waals surface area contributed by atoms with E-state index in [1.807, 2.05) is 6.07 Å². The first-order chi connectivity index (χ1) is 9.49. The fraction of sp³-hybridized carbons (Fsp3) is 0.308. The number of hydrogen-bond acceptors (Lipinski definition) is 4. The first-order valence-corrected chi connectivity index (χ1v) is 7.39. The Labute approximate surface area is 120 Å². The van der Waals surface area contributed by atoms with Crippen LogP contribution >= 0.6 is 11.8 Å². The van der Waals surface area contributed by atoms with Crippen molar-refractivity contribution in [3.8, 4) is 0 Å². The van der Waals surface area contributed by atoms with E-state index in [9.17, 15) is 14.4 Å². The summed E-state index contributed by atoms with van der Waals surface area (Å²) in [5.41, 5.74) is 1.82. The van der Waals surface area contributed by atoms with Crippen molar-refractivity contribution in [3.63, 3.8) is 0 Å². The number of hydrogen-bond donors (Lipinski definition) is 2. The summed E-state index contributed by atoms with van der Waals surface area (Å²) in [6.07, 6.45) is 1.76. The Kier molecular flexibility index (Phi) is 3.99. The third-order valence-electron chi connectivity index (χ3n) is 3.05. The monoisotopic (exact) mass is 293 g/mol. The number of hydrazine groups is 1. The number of nitrogens with one attached hydrogen (secondary N) is 2. The Hall–Kier alpha value is -2.02. The molecule has 0 spiro atoms. The maximum Gasteiger partial charge on any atom is 0.344 e. The number of nitrogens with zero attached hydrogens (tertiary/aromatic N) is 1. The molecule has 1 fully saturated rings. The van der Waals surface area contributed by atoms with Crippen LogP contribution in [0.5, 0.6) is 0 Å². The van der Waals surface area contributed by atoms with Crippen LogP contribution in [-0.4, -0.2) is 34.9 Å². The average molecular weight is 293 g/mol. The second-order valence-electron chi connectivity index (χ2n) is 4.53. The van der Waals surface area contributed by atoms with Crippen LogP contribution in [0.1, 0.15) is 12.5 Å². The molecule has 2 N–H and O–H groups in total. The topological polar surface area (TPSA) is 78.5 Å². The summed E-state index contributed by atoms with van der Waals surface area (Å²) in [5.74, 6) is -0.708. The number of benzene rings is 1. The van der Waals surface area contributed by atoms with E-state index in [0.717, 1.165) is 5.01 Å². The molecule has 2 rings (SSSR count). The lowest BCUT2D eigenvalue weighted by atomic mass is 9.92. The van der Waals surface area contributed by atoms with Gasteiger partial charge in [-0.2, -0.15) is 16.8 Å². The van der Waals surface area contributed by atoms with Crippen LogP contribution in [0.4, 0.5) is 4.79 Å². The molecule has 0 saturated carbocycles. The van der Waals surface area contributed by atoms with Crippen molar-refractivity contribution in [1.82, 2.24) is 15.8 Å². The number of imide groups is 1. The molecule has 1 aromatic rings. The van der Waals surface area contributed by atoms with Crippen molar-refractivity contribution in [2.45, 2.75) is 12.5 Å². The molecule has 0 bridgehead atoms. The zero-order chi connectivity index (χ0) is 14.8. The first-order valence-electron chi connectivity index (χ1n) is 5.99. The van der Waals surface area contributed by atoms with Crippen molar-refractivity contribution >= 4 is 29.6 Å². The third-order valence-corrected chi connectivity index (χ3v) is 3.60. The highest BCUT2D eigenvalue weighted by Gasteiger charge is 2.49. The lowest BCUT2D eigenvalue weighted by Crippen LogP contribution is -2.48. The summed E-state index contributed by atoms with van der Waals surface area (Å²) in [6.45, 7) is 1.61. The molecular formula is C13H15N3O3S. The van der Waals surface area contributed by atoms with Gasteiger partial charge in [-0.3, -0.25) is 15.0 Å². The van der Waals surface area contributed by atoms with E-state index < -0.39 is 23.4 Å². The van der Waals surface area contributed by atoms with E-state index in [1.165, 1.54) is 11.8 Å². The largest absolute Gasteiger partial charge is 0.344 e. The van der Waals surface area contributed by atoms with Gasteiger partial charge in [-0.05, 0) is 18.7 Å². The van der Waals surface area contributed by atoms with E-state index in [0.29, 0.717) is 5.56 Å². The number of thioether (sulfide) groups is 1. The molecule has 1 aliphatic heterocycles. The molecule has 7 heteroatoms. The molecule has 0 radical (unpaired) electrons. The minimum atomic E-state index is -1.16. The van der Waals surface area contributed by atoms with Crippen LogP contribution < -0.4 is 10.7 Å². The Balaban J connectivity index is 2.22. The second kappa shape index (κ2) is 5.54. The lowest BCUT2D eigenvalue weighted by Gasteiger charge is -2.22. The molecule has 6 nitrogen and oxygen atoms in total. The van der Waals surface area contributed by atoms with Gasteiger partial charge in [0.2, 0.25) is 5.91 Å². The van der Waals surface area contributed by atoms with Crippen LogP contribution in [0.15, 0.2) is 30.3 Å². The number of urea groups is 1. The van der Waals surface area contributed by atoms with Crippen molar-refractivity contribution in [2.75, 3.05) is 12.0 Å². The molecule has 1 heterocycles. The summed E-state index contributed by atoms with van der Waals surface area (Å²) >= 11 is 1.31. The van der Waals surface area contributed by atoms with E-state index >= 15 is 0 Å². The number of carbonyl (C=O) groups excluding carboxylic acids is 3. The van der Waals surface area contributed by atoms with Gasteiger partial charge in [-0.1, -0.05) is 30.3 Å². The second-order valence-corrected chi connectivity index (χ2v) is 5.40. The van der Waals surface area contributed by atoms with Gasteiger partial charge in [0.05, 0.1) is 5.75 Å². The summed E-state index contributed by atoms with van der Waals surface area (Å²) in [4.78, 5) is 35.8. The van der Waals surface area contributed by atoms with Gasteiger partial charge in [0.1, 0.15) is 5.54 Å². The molecule has 20 heavy (non-hydrogen) atoms. The smallest absolute Gasteiger partial charge is 0.318 e. The zero-order valence-electron chi connectivity index (χ0n) is 11.2. The zero-order valence-corrected chi connectivity index (χ0v) is 12.0. The first kappa shape index (κ1) is 14.4. The Morgan fingerprint density at radius 3 is 2.60 bits per heavy atom. The maximum atomic E-state index is 12.4. The average Bonchev–Trinajstić information content (AvgIpc) is 2.65. The molecule has 4 amide bonds. The summed E-state index contributed by atoms with van der Waals surface area (Å²) in [7, 11) is 0. The highest BCUT2D eigenvalue weighted by Crippen LogP contribution is 2.27. The fourth-order valence-corrected chi connectivity index (χ4v) is 2.32. The lowest BCUT2D eigenvalue weighted by molar-refractivity contribution is -0.138. The predicted molar refractivity (Wildman–Crippen MR) is 75.7 cm³/mol. The standard InChI is InChI=1S/C13H15N3O3S/c1-13(9-6-4-3-5-7-9)11(18)16(12(19)14-13)15-10(17)8-20-2/h3-7H,8H2,1-2H3,(H,14,19)(H,15,17). The van der Waals surface area contributed by atoms with Crippen molar-refractivity contribution < 1.29 is 14.4 Å². The normalized spacial score (nSPS) is 21.8. The number of amides is 4. The van der Waals surface area contributed by atoms with Gasteiger partial charge >= 0.3 is 6.03 Å². The van der Waals surface area contributed by atoms with Gasteiger partial charge in [-0.15, -0.1) is 0 Å². The van der Waals surface area contributed by atoms with Crippen molar-refractivity contribution in [1.29, 1.82) is 0 Å². The quantitative estimate of drug-likeness (QED) is 0.807. The third kappa shape index (κ3) is 2.49. The highest BCUT2D eigenvalue weighted by atomic mass is 32.2. The van der Waals surface area contributed by atoms with Gasteiger partial charge in [-0.25, -0.2) is 4.79 Å². The van der Waals surface area contributed by atoms with E-state index in [2.05, 4.69) is 10.7 Å². The van der Waals surface area contributed by atoms with E-state index in [-0.39, 0.29) is 5.75 Å². The summed E-state index contributed by atoms with van der Waals surface area (Å²) in [6, 6.07) is 8.28. The molecule has 0 aliphatic carbocycles. The van der Waals surface area contributed by atoms with Crippen LogP contribution in [0, 0.1) is 0 Å². The molecular weight excluding hydrogens is 278 g/mol. The molecule has 0 aromatic heterocycles. The Morgan fingerprint density at radius 1 is 1.35 bits per heavy atom. The van der Waals surface area contributed by atoms with Crippen LogP contribution in [-0.2, 0) is 15.1 Å². The molecule has 1 aromatic carbocycles. The van der Waals surface area contributed by atoms with Gasteiger partial charge < -0.3 is 5.32 Å². The predicted octanol–water partition coefficient (Wildman–Crippen LogP) is 0.848. The maximum absolute atomic E-state index is 12.4. The van der Waals surface area contributed by atoms with Crippen LogP contribution in [0.2, 0.25) is 0 Å².